The van der Waals surface area contributed by atoms with Crippen molar-refractivity contribution in [2.24, 2.45) is 0 Å². The van der Waals surface area contributed by atoms with E-state index in [1.165, 1.54) is 6.07 Å². The van der Waals surface area contributed by atoms with Crippen LogP contribution in [0.25, 0.3) is 0 Å². The minimum Gasteiger partial charge on any atom is -0.388 e. The molecule has 4 nitrogen and oxygen atoms in total. The molecule has 1 rings (SSSR count). The standard InChI is InChI=1S/C9H10BrNO3/c1-6-4-7(9(12)5-10)2-3-8(6)11(13)14/h2-4,9,12H,5H2,1H3. The summed E-state index contributed by atoms with van der Waals surface area (Å²) in [5.41, 5.74) is 1.33. The molecule has 0 heterocycles. The minimum absolute atomic E-state index is 0.0792. The van der Waals surface area contributed by atoms with E-state index in [0.717, 1.165) is 0 Å². The highest BCUT2D eigenvalue weighted by Gasteiger charge is 2.13. The molecule has 1 aromatic carbocycles. The van der Waals surface area contributed by atoms with Crippen molar-refractivity contribution in [1.82, 2.24) is 0 Å². The first-order valence-electron chi connectivity index (χ1n) is 4.05. The largest absolute Gasteiger partial charge is 0.388 e. The molecule has 0 aliphatic heterocycles. The van der Waals surface area contributed by atoms with Gasteiger partial charge in [0.05, 0.1) is 11.0 Å². The summed E-state index contributed by atoms with van der Waals surface area (Å²) < 4.78 is 0. The van der Waals surface area contributed by atoms with E-state index in [2.05, 4.69) is 15.9 Å². The van der Waals surface area contributed by atoms with E-state index in [1.807, 2.05) is 0 Å². The van der Waals surface area contributed by atoms with Crippen molar-refractivity contribution in [3.8, 4) is 0 Å². The van der Waals surface area contributed by atoms with Crippen LogP contribution in [-0.2, 0) is 0 Å². The zero-order valence-electron chi connectivity index (χ0n) is 7.61. The maximum Gasteiger partial charge on any atom is 0.272 e. The fraction of sp³-hybridized carbons (Fsp3) is 0.333. The number of aryl methyl sites for hydroxylation is 1. The van der Waals surface area contributed by atoms with Crippen molar-refractivity contribution >= 4 is 21.6 Å². The second kappa shape index (κ2) is 4.52. The molecular weight excluding hydrogens is 250 g/mol. The maximum absolute atomic E-state index is 10.5. The molecule has 0 aliphatic rings. The third-order valence-electron chi connectivity index (χ3n) is 1.95. The zero-order chi connectivity index (χ0) is 10.7. The number of nitro groups is 1. The van der Waals surface area contributed by atoms with E-state index in [9.17, 15) is 15.2 Å². The van der Waals surface area contributed by atoms with Gasteiger partial charge in [-0.25, -0.2) is 0 Å². The fourth-order valence-electron chi connectivity index (χ4n) is 1.18. The Hall–Kier alpha value is -0.940. The number of hydrogen-bond acceptors (Lipinski definition) is 3. The van der Waals surface area contributed by atoms with Crippen LogP contribution in [0.5, 0.6) is 0 Å². The third kappa shape index (κ3) is 2.30. The zero-order valence-corrected chi connectivity index (χ0v) is 9.19. The summed E-state index contributed by atoms with van der Waals surface area (Å²) in [6.07, 6.45) is -0.616. The van der Waals surface area contributed by atoms with Crippen molar-refractivity contribution in [2.45, 2.75) is 13.0 Å². The molecule has 76 valence electrons. The Bertz CT molecular complexity index is 354. The van der Waals surface area contributed by atoms with Gasteiger partial charge >= 0.3 is 0 Å². The first kappa shape index (κ1) is 11.1. The summed E-state index contributed by atoms with van der Waals surface area (Å²) >= 11 is 3.14. The molecule has 14 heavy (non-hydrogen) atoms. The highest BCUT2D eigenvalue weighted by atomic mass is 79.9. The molecule has 1 aromatic rings. The molecule has 0 saturated heterocycles. The number of nitrogens with zero attached hydrogens (tertiary/aromatic N) is 1. The van der Waals surface area contributed by atoms with E-state index in [1.54, 1.807) is 19.1 Å². The number of aliphatic hydroxyl groups excluding tert-OH is 1. The van der Waals surface area contributed by atoms with Crippen molar-refractivity contribution in [2.75, 3.05) is 5.33 Å². The first-order chi connectivity index (χ1) is 6.56. The minimum atomic E-state index is -0.616. The van der Waals surface area contributed by atoms with E-state index in [0.29, 0.717) is 16.5 Å². The fourth-order valence-corrected chi connectivity index (χ4v) is 1.55. The van der Waals surface area contributed by atoms with E-state index in [-0.39, 0.29) is 5.69 Å². The number of aliphatic hydroxyl groups is 1. The van der Waals surface area contributed by atoms with Crippen LogP contribution < -0.4 is 0 Å². The highest BCUT2D eigenvalue weighted by molar-refractivity contribution is 9.09. The van der Waals surface area contributed by atoms with Gasteiger partial charge in [-0.2, -0.15) is 0 Å². The number of halogens is 1. The molecule has 0 fully saturated rings. The van der Waals surface area contributed by atoms with Crippen LogP contribution in [0.3, 0.4) is 0 Å². The third-order valence-corrected chi connectivity index (χ3v) is 2.56. The molecule has 5 heteroatoms. The van der Waals surface area contributed by atoms with Crippen molar-refractivity contribution in [3.63, 3.8) is 0 Å². The smallest absolute Gasteiger partial charge is 0.272 e. The van der Waals surface area contributed by atoms with Crippen LogP contribution in [-0.4, -0.2) is 15.4 Å². The molecule has 0 spiro atoms. The normalized spacial score (nSPS) is 12.5. The van der Waals surface area contributed by atoms with Crippen LogP contribution in [0.15, 0.2) is 18.2 Å². The Morgan fingerprint density at radius 3 is 2.71 bits per heavy atom. The van der Waals surface area contributed by atoms with Gasteiger partial charge in [-0.3, -0.25) is 10.1 Å². The number of rotatable bonds is 3. The topological polar surface area (TPSA) is 63.4 Å². The lowest BCUT2D eigenvalue weighted by molar-refractivity contribution is -0.385. The maximum atomic E-state index is 10.5. The van der Waals surface area contributed by atoms with Crippen LogP contribution >= 0.6 is 15.9 Å². The van der Waals surface area contributed by atoms with Gasteiger partial charge in [0.2, 0.25) is 0 Å². The molecule has 0 bridgehead atoms. The molecule has 0 aromatic heterocycles. The average Bonchev–Trinajstić information content (AvgIpc) is 2.15. The Labute approximate surface area is 89.8 Å². The average molecular weight is 260 g/mol. The Morgan fingerprint density at radius 1 is 1.64 bits per heavy atom. The molecule has 0 amide bonds. The Kier molecular flexibility index (Phi) is 3.60. The quantitative estimate of drug-likeness (QED) is 0.515. The predicted octanol–water partition coefficient (Wildman–Crippen LogP) is 2.33. The van der Waals surface area contributed by atoms with Gasteiger partial charge in [0, 0.05) is 17.0 Å². The Morgan fingerprint density at radius 2 is 2.29 bits per heavy atom. The lowest BCUT2D eigenvalue weighted by Gasteiger charge is -2.07. The van der Waals surface area contributed by atoms with Gasteiger partial charge in [-0.1, -0.05) is 15.9 Å². The van der Waals surface area contributed by atoms with Gasteiger partial charge < -0.3 is 5.11 Å². The van der Waals surface area contributed by atoms with Crippen molar-refractivity contribution in [1.29, 1.82) is 0 Å². The van der Waals surface area contributed by atoms with Crippen LogP contribution in [0.1, 0.15) is 17.2 Å². The van der Waals surface area contributed by atoms with E-state index < -0.39 is 11.0 Å². The van der Waals surface area contributed by atoms with Gasteiger partial charge in [-0.05, 0) is 24.6 Å². The number of benzene rings is 1. The van der Waals surface area contributed by atoms with Crippen molar-refractivity contribution < 1.29 is 10.0 Å². The molecule has 1 N–H and O–H groups in total. The second-order valence-corrected chi connectivity index (χ2v) is 3.62. The lowest BCUT2D eigenvalue weighted by atomic mass is 10.1. The van der Waals surface area contributed by atoms with E-state index in [4.69, 9.17) is 0 Å². The summed E-state index contributed by atoms with van der Waals surface area (Å²) in [6, 6.07) is 4.61. The number of hydrogen-bond donors (Lipinski definition) is 1. The van der Waals surface area contributed by atoms with Crippen LogP contribution in [0.2, 0.25) is 0 Å². The number of nitro benzene ring substituents is 1. The first-order valence-corrected chi connectivity index (χ1v) is 5.17. The summed E-state index contributed by atoms with van der Waals surface area (Å²) in [4.78, 5) is 10.1. The summed E-state index contributed by atoms with van der Waals surface area (Å²) in [5.74, 6) is 0. The van der Waals surface area contributed by atoms with E-state index >= 15 is 0 Å². The summed E-state index contributed by atoms with van der Waals surface area (Å²) in [5, 5.41) is 20.4. The SMILES string of the molecule is Cc1cc(C(O)CBr)ccc1[N+](=O)[O-]. The molecule has 0 radical (unpaired) electrons. The molecule has 1 atom stereocenters. The molecule has 0 aliphatic carbocycles. The van der Waals surface area contributed by atoms with Crippen LogP contribution in [0, 0.1) is 17.0 Å². The van der Waals surface area contributed by atoms with Gasteiger partial charge in [0.1, 0.15) is 0 Å². The van der Waals surface area contributed by atoms with Crippen LogP contribution in [0.4, 0.5) is 5.69 Å². The second-order valence-electron chi connectivity index (χ2n) is 2.97. The molecule has 0 saturated carbocycles. The number of alkyl halides is 1. The molecule has 1 unspecified atom stereocenters. The van der Waals surface area contributed by atoms with Gasteiger partial charge in [0.25, 0.3) is 5.69 Å². The summed E-state index contributed by atoms with van der Waals surface area (Å²) in [6.45, 7) is 1.66. The highest BCUT2D eigenvalue weighted by Crippen LogP contribution is 2.23. The van der Waals surface area contributed by atoms with Crippen molar-refractivity contribution in [3.05, 3.63) is 39.4 Å². The Balaban J connectivity index is 3.06. The van der Waals surface area contributed by atoms with Gasteiger partial charge in [-0.15, -0.1) is 0 Å². The lowest BCUT2D eigenvalue weighted by Crippen LogP contribution is -2.00. The molecular formula is C9H10BrNO3. The van der Waals surface area contributed by atoms with Gasteiger partial charge in [0.15, 0.2) is 0 Å². The predicted molar refractivity (Wildman–Crippen MR) is 56.6 cm³/mol. The summed E-state index contributed by atoms with van der Waals surface area (Å²) in [7, 11) is 0. The monoisotopic (exact) mass is 259 g/mol.